The number of rotatable bonds is 7. The second kappa shape index (κ2) is 10.2. The van der Waals surface area contributed by atoms with E-state index >= 15 is 0 Å². The molecule has 8 nitrogen and oxygen atoms in total. The summed E-state index contributed by atoms with van der Waals surface area (Å²) in [4.78, 5) is 32.8. The lowest BCUT2D eigenvalue weighted by molar-refractivity contribution is -0.120. The van der Waals surface area contributed by atoms with Crippen LogP contribution in [-0.2, 0) is 17.6 Å². The van der Waals surface area contributed by atoms with E-state index in [0.717, 1.165) is 24.4 Å². The predicted molar refractivity (Wildman–Crippen MR) is 114 cm³/mol. The van der Waals surface area contributed by atoms with Gasteiger partial charge in [0.1, 0.15) is 5.75 Å². The Bertz CT molecular complexity index is 833. The van der Waals surface area contributed by atoms with E-state index in [1.54, 1.807) is 17.4 Å². The number of anilines is 1. The van der Waals surface area contributed by atoms with E-state index in [-0.39, 0.29) is 18.4 Å². The third-order valence-corrected chi connectivity index (χ3v) is 5.61. The van der Waals surface area contributed by atoms with Crippen LogP contribution < -0.4 is 15.4 Å². The number of methoxy groups -OCH3 is 1. The van der Waals surface area contributed by atoms with Crippen molar-refractivity contribution in [1.82, 2.24) is 20.1 Å². The smallest absolute Gasteiger partial charge is 0.323 e. The fourth-order valence-corrected chi connectivity index (χ4v) is 3.80. The number of aromatic nitrogens is 1. The Kier molecular flexibility index (Phi) is 7.42. The van der Waals surface area contributed by atoms with Gasteiger partial charge in [-0.2, -0.15) is 0 Å². The van der Waals surface area contributed by atoms with Crippen molar-refractivity contribution in [1.29, 1.82) is 0 Å². The maximum Gasteiger partial charge on any atom is 0.323 e. The van der Waals surface area contributed by atoms with Crippen molar-refractivity contribution in [2.24, 2.45) is 0 Å². The number of likely N-dealkylation sites (N-methyl/N-ethyl adjacent to an activating group) is 1. The largest absolute Gasteiger partial charge is 0.496 e. The second-order valence-corrected chi connectivity index (χ2v) is 7.81. The molecule has 2 heterocycles. The molecule has 0 bridgehead atoms. The quantitative estimate of drug-likeness (QED) is 0.718. The Morgan fingerprint density at radius 2 is 1.97 bits per heavy atom. The normalized spacial score (nSPS) is 14.5. The lowest BCUT2D eigenvalue weighted by atomic mass is 10.1. The number of piperazine rings is 1. The van der Waals surface area contributed by atoms with E-state index in [2.05, 4.69) is 20.5 Å². The number of carbonyl (C=O) groups excluding carboxylic acids is 2. The van der Waals surface area contributed by atoms with E-state index in [0.29, 0.717) is 36.9 Å². The van der Waals surface area contributed by atoms with Crippen molar-refractivity contribution >= 4 is 28.4 Å². The molecule has 3 amide bonds. The van der Waals surface area contributed by atoms with Crippen molar-refractivity contribution in [2.75, 3.05) is 52.2 Å². The van der Waals surface area contributed by atoms with Gasteiger partial charge in [0.15, 0.2) is 5.13 Å². The predicted octanol–water partition coefficient (Wildman–Crippen LogP) is 1.83. The number of urea groups is 1. The van der Waals surface area contributed by atoms with Gasteiger partial charge in [-0.25, -0.2) is 9.78 Å². The molecule has 1 aromatic carbocycles. The fraction of sp³-hybridized carbons (Fsp3) is 0.450. The van der Waals surface area contributed by atoms with Crippen LogP contribution in [0.15, 0.2) is 29.6 Å². The van der Waals surface area contributed by atoms with Gasteiger partial charge in [0.05, 0.1) is 19.2 Å². The monoisotopic (exact) mass is 417 g/mol. The molecule has 1 aliphatic rings. The first-order valence-corrected chi connectivity index (χ1v) is 10.5. The van der Waals surface area contributed by atoms with E-state index in [1.165, 1.54) is 11.3 Å². The zero-order valence-electron chi connectivity index (χ0n) is 16.8. The Labute approximate surface area is 174 Å². The summed E-state index contributed by atoms with van der Waals surface area (Å²) in [5, 5.41) is 8.06. The minimum atomic E-state index is -0.139. The molecule has 9 heteroatoms. The van der Waals surface area contributed by atoms with Gasteiger partial charge in [-0.3, -0.25) is 10.1 Å². The van der Waals surface area contributed by atoms with Crippen LogP contribution in [0.1, 0.15) is 11.3 Å². The van der Waals surface area contributed by atoms with Gasteiger partial charge in [0, 0.05) is 38.1 Å². The summed E-state index contributed by atoms with van der Waals surface area (Å²) in [6, 6.07) is 7.63. The average molecular weight is 418 g/mol. The Hall–Kier alpha value is -2.65. The maximum absolute atomic E-state index is 12.3. The molecule has 156 valence electrons. The number of para-hydroxylation sites is 1. The topological polar surface area (TPSA) is 86.8 Å². The Morgan fingerprint density at radius 3 is 2.72 bits per heavy atom. The first-order valence-electron chi connectivity index (χ1n) is 9.62. The number of ether oxygens (including phenoxy) is 1. The number of hydrogen-bond donors (Lipinski definition) is 2. The molecule has 29 heavy (non-hydrogen) atoms. The summed E-state index contributed by atoms with van der Waals surface area (Å²) >= 11 is 1.33. The van der Waals surface area contributed by atoms with Crippen LogP contribution in [0.4, 0.5) is 9.93 Å². The fourth-order valence-electron chi connectivity index (χ4n) is 3.10. The summed E-state index contributed by atoms with van der Waals surface area (Å²) in [6.45, 7) is 3.66. The summed E-state index contributed by atoms with van der Waals surface area (Å²) in [5.41, 5.74) is 1.70. The molecular weight excluding hydrogens is 390 g/mol. The van der Waals surface area contributed by atoms with Gasteiger partial charge in [-0.1, -0.05) is 18.2 Å². The number of hydrogen-bond acceptors (Lipinski definition) is 6. The summed E-state index contributed by atoms with van der Waals surface area (Å²) < 4.78 is 5.32. The minimum absolute atomic E-state index is 0.0952. The van der Waals surface area contributed by atoms with Crippen LogP contribution in [0.5, 0.6) is 5.75 Å². The molecule has 0 atom stereocenters. The number of amides is 3. The minimum Gasteiger partial charge on any atom is -0.496 e. The molecule has 1 saturated heterocycles. The number of thiazole rings is 1. The molecule has 1 aromatic heterocycles. The van der Waals surface area contributed by atoms with Crippen LogP contribution in [0.2, 0.25) is 0 Å². The summed E-state index contributed by atoms with van der Waals surface area (Å²) in [5.74, 6) is 0.726. The molecule has 0 spiro atoms. The summed E-state index contributed by atoms with van der Waals surface area (Å²) in [7, 11) is 3.68. The summed E-state index contributed by atoms with van der Waals surface area (Å²) in [6.07, 6.45) is 0.881. The Morgan fingerprint density at radius 1 is 1.21 bits per heavy atom. The van der Waals surface area contributed by atoms with Crippen LogP contribution in [0, 0.1) is 0 Å². The SMILES string of the molecule is COc1ccccc1CCNC(=O)Cc1csc(NC(=O)N2CCN(C)CC2)n1. The van der Waals surface area contributed by atoms with Crippen molar-refractivity contribution in [3.05, 3.63) is 40.9 Å². The zero-order valence-corrected chi connectivity index (χ0v) is 17.6. The Balaban J connectivity index is 1.42. The molecule has 2 aromatic rings. The van der Waals surface area contributed by atoms with Crippen LogP contribution in [-0.4, -0.2) is 73.6 Å². The van der Waals surface area contributed by atoms with Crippen molar-refractivity contribution in [3.8, 4) is 5.75 Å². The highest BCUT2D eigenvalue weighted by Gasteiger charge is 2.20. The van der Waals surface area contributed by atoms with Crippen LogP contribution in [0.3, 0.4) is 0 Å². The van der Waals surface area contributed by atoms with E-state index in [4.69, 9.17) is 4.74 Å². The van der Waals surface area contributed by atoms with Crippen molar-refractivity contribution < 1.29 is 14.3 Å². The highest BCUT2D eigenvalue weighted by Crippen LogP contribution is 2.18. The molecule has 1 aliphatic heterocycles. The van der Waals surface area contributed by atoms with Crippen LogP contribution >= 0.6 is 11.3 Å². The molecule has 1 fully saturated rings. The van der Waals surface area contributed by atoms with Crippen LogP contribution in [0.25, 0.3) is 0 Å². The van der Waals surface area contributed by atoms with Gasteiger partial charge in [-0.15, -0.1) is 11.3 Å². The lowest BCUT2D eigenvalue weighted by Crippen LogP contribution is -2.48. The number of nitrogens with zero attached hydrogens (tertiary/aromatic N) is 3. The molecule has 3 rings (SSSR count). The first kappa shape index (κ1) is 21.1. The third kappa shape index (κ3) is 6.16. The van der Waals surface area contributed by atoms with Gasteiger partial charge >= 0.3 is 6.03 Å². The molecule has 0 unspecified atom stereocenters. The molecular formula is C20H27N5O3S. The van der Waals surface area contributed by atoms with E-state index in [1.807, 2.05) is 31.3 Å². The highest BCUT2D eigenvalue weighted by molar-refractivity contribution is 7.13. The third-order valence-electron chi connectivity index (χ3n) is 4.81. The number of carbonyl (C=O) groups is 2. The highest BCUT2D eigenvalue weighted by atomic mass is 32.1. The van der Waals surface area contributed by atoms with Gasteiger partial charge < -0.3 is 19.9 Å². The van der Waals surface area contributed by atoms with E-state index in [9.17, 15) is 9.59 Å². The molecule has 0 aliphatic carbocycles. The number of nitrogens with one attached hydrogen (secondary N) is 2. The number of benzene rings is 1. The molecule has 0 saturated carbocycles. The molecule has 2 N–H and O–H groups in total. The van der Waals surface area contributed by atoms with Gasteiger partial charge in [0.25, 0.3) is 0 Å². The second-order valence-electron chi connectivity index (χ2n) is 6.95. The van der Waals surface area contributed by atoms with Crippen molar-refractivity contribution in [2.45, 2.75) is 12.8 Å². The zero-order chi connectivity index (χ0) is 20.6. The lowest BCUT2D eigenvalue weighted by Gasteiger charge is -2.32. The standard InChI is InChI=1S/C20H27N5O3S/c1-24-9-11-25(12-10-24)20(27)23-19-22-16(14-29-19)13-18(26)21-8-7-15-5-3-4-6-17(15)28-2/h3-6,14H,7-13H2,1-2H3,(H,21,26)(H,22,23,27). The average Bonchev–Trinajstić information content (AvgIpc) is 3.15. The molecule has 0 radical (unpaired) electrons. The first-order chi connectivity index (χ1) is 14.0. The van der Waals surface area contributed by atoms with Crippen molar-refractivity contribution in [3.63, 3.8) is 0 Å². The maximum atomic E-state index is 12.3. The van der Waals surface area contributed by atoms with Gasteiger partial charge in [0.2, 0.25) is 5.91 Å². The van der Waals surface area contributed by atoms with E-state index < -0.39 is 0 Å². The van der Waals surface area contributed by atoms with Gasteiger partial charge in [-0.05, 0) is 25.1 Å².